The first-order valence-corrected chi connectivity index (χ1v) is 12.0. The summed E-state index contributed by atoms with van der Waals surface area (Å²) in [5.41, 5.74) is 5.43. The van der Waals surface area contributed by atoms with Crippen LogP contribution in [0.4, 0.5) is 9.18 Å². The Labute approximate surface area is 235 Å². The SMILES string of the molecule is Cc1cc(OCCO)c(F)cc1-c1cccc(COc2ccc(CC3SC(=O)[N-]C3=O)cc2)c1C.[Na+]. The molecule has 3 aromatic rings. The fourth-order valence-corrected chi connectivity index (χ4v) is 4.74. The predicted molar refractivity (Wildman–Crippen MR) is 134 cm³/mol. The molecule has 6 nitrogen and oxygen atoms in total. The number of thioether (sulfide) groups is 1. The minimum atomic E-state index is -0.476. The molecule has 0 aromatic heterocycles. The van der Waals surface area contributed by atoms with Gasteiger partial charge in [-0.1, -0.05) is 42.1 Å². The summed E-state index contributed by atoms with van der Waals surface area (Å²) in [6.07, 6.45) is 0.444. The number of aliphatic hydroxyl groups excluding tert-OH is 1. The molecule has 0 radical (unpaired) electrons. The monoisotopic (exact) mass is 517 g/mol. The Balaban J connectivity index is 0.00000361. The fraction of sp³-hybridized carbons (Fsp3) is 0.259. The van der Waals surface area contributed by atoms with E-state index in [2.05, 4.69) is 5.32 Å². The van der Waals surface area contributed by atoms with Crippen LogP contribution in [0.3, 0.4) is 0 Å². The number of rotatable bonds is 9. The second kappa shape index (κ2) is 12.7. The molecule has 0 spiro atoms. The van der Waals surface area contributed by atoms with Gasteiger partial charge in [0, 0.05) is 0 Å². The van der Waals surface area contributed by atoms with Gasteiger partial charge in [0.1, 0.15) is 24.2 Å². The van der Waals surface area contributed by atoms with Crippen LogP contribution in [-0.2, 0) is 17.8 Å². The number of carbonyl (C=O) groups is 2. The van der Waals surface area contributed by atoms with Gasteiger partial charge in [0.05, 0.1) is 17.8 Å². The second-order valence-corrected chi connectivity index (χ2v) is 9.37. The molecule has 2 amide bonds. The third-order valence-electron chi connectivity index (χ3n) is 5.82. The summed E-state index contributed by atoms with van der Waals surface area (Å²) in [6.45, 7) is 4.07. The number of halogens is 1. The summed E-state index contributed by atoms with van der Waals surface area (Å²) in [4.78, 5) is 23.0. The Bertz CT molecular complexity index is 1250. The molecule has 9 heteroatoms. The molecule has 0 bridgehead atoms. The van der Waals surface area contributed by atoms with Gasteiger partial charge in [0.25, 0.3) is 0 Å². The molecule has 1 fully saturated rings. The van der Waals surface area contributed by atoms with Crippen LogP contribution in [0.1, 0.15) is 22.3 Å². The van der Waals surface area contributed by atoms with E-state index >= 15 is 0 Å². The van der Waals surface area contributed by atoms with E-state index in [1.54, 1.807) is 6.07 Å². The van der Waals surface area contributed by atoms with Crippen molar-refractivity contribution in [3.63, 3.8) is 0 Å². The largest absolute Gasteiger partial charge is 1.00 e. The van der Waals surface area contributed by atoms with Crippen molar-refractivity contribution in [3.05, 3.63) is 88.0 Å². The zero-order valence-electron chi connectivity index (χ0n) is 20.4. The molecule has 36 heavy (non-hydrogen) atoms. The molecule has 1 aliphatic rings. The molecule has 1 unspecified atom stereocenters. The van der Waals surface area contributed by atoms with Crippen LogP contribution in [-0.4, -0.2) is 34.7 Å². The van der Waals surface area contributed by atoms with E-state index in [4.69, 9.17) is 14.6 Å². The molecule has 1 atom stereocenters. The summed E-state index contributed by atoms with van der Waals surface area (Å²) >= 11 is 0.960. The standard InChI is InChI=1S/C27H26FNO5S.Na/c1-16-12-24(33-11-10-30)23(28)14-22(16)21-5-3-4-19(17(21)2)15-34-20-8-6-18(7-9-20)13-25-26(31)29-27(32)35-25;/h3-9,12,14,25,30H,10-11,13,15H2,1-2H3,(H,29,31,32);/q;+1/p-1. The molecule has 1 N–H and O–H groups in total. The Hall–Kier alpha value is -2.36. The molecule has 0 saturated carbocycles. The third-order valence-corrected chi connectivity index (χ3v) is 6.77. The van der Waals surface area contributed by atoms with Crippen LogP contribution in [0.2, 0.25) is 0 Å². The van der Waals surface area contributed by atoms with Crippen LogP contribution in [0, 0.1) is 19.7 Å². The van der Waals surface area contributed by atoms with Gasteiger partial charge in [0.15, 0.2) is 11.6 Å². The van der Waals surface area contributed by atoms with Gasteiger partial charge >= 0.3 is 29.6 Å². The fourth-order valence-electron chi connectivity index (χ4n) is 3.93. The zero-order valence-corrected chi connectivity index (χ0v) is 23.2. The average Bonchev–Trinajstić information content (AvgIpc) is 3.16. The van der Waals surface area contributed by atoms with Crippen molar-refractivity contribution in [1.82, 2.24) is 0 Å². The van der Waals surface area contributed by atoms with Crippen molar-refractivity contribution in [3.8, 4) is 22.6 Å². The number of hydrogen-bond donors (Lipinski definition) is 1. The maximum atomic E-state index is 14.6. The van der Waals surface area contributed by atoms with Crippen molar-refractivity contribution < 1.29 is 58.1 Å². The second-order valence-electron chi connectivity index (χ2n) is 8.22. The van der Waals surface area contributed by atoms with Crippen molar-refractivity contribution in [2.24, 2.45) is 0 Å². The number of hydrogen-bond acceptors (Lipinski definition) is 6. The van der Waals surface area contributed by atoms with Crippen LogP contribution >= 0.6 is 11.8 Å². The molecule has 1 aliphatic heterocycles. The number of benzene rings is 3. The van der Waals surface area contributed by atoms with Crippen molar-refractivity contribution >= 4 is 22.9 Å². The maximum Gasteiger partial charge on any atom is 1.00 e. The van der Waals surface area contributed by atoms with Gasteiger partial charge in [-0.25, -0.2) is 4.39 Å². The summed E-state index contributed by atoms with van der Waals surface area (Å²) in [7, 11) is 0. The number of imide groups is 1. The van der Waals surface area contributed by atoms with E-state index < -0.39 is 16.3 Å². The quantitative estimate of drug-likeness (QED) is 0.440. The Morgan fingerprint density at radius 3 is 2.44 bits per heavy atom. The first-order chi connectivity index (χ1) is 16.9. The van der Waals surface area contributed by atoms with Gasteiger partial charge in [-0.05, 0) is 77.9 Å². The Morgan fingerprint density at radius 2 is 1.78 bits per heavy atom. The number of nitrogens with zero attached hydrogens (tertiary/aromatic N) is 1. The van der Waals surface area contributed by atoms with E-state index in [0.29, 0.717) is 18.8 Å². The summed E-state index contributed by atoms with van der Waals surface area (Å²) in [5.74, 6) is -0.0517. The summed E-state index contributed by atoms with van der Waals surface area (Å²) in [5, 5.41) is 11.5. The minimum Gasteiger partial charge on any atom is -0.585 e. The number of amides is 2. The minimum absolute atomic E-state index is 0. The van der Waals surface area contributed by atoms with E-state index in [9.17, 15) is 14.0 Å². The predicted octanol–water partition coefficient (Wildman–Crippen LogP) is 2.74. The molecule has 1 saturated heterocycles. The van der Waals surface area contributed by atoms with Crippen LogP contribution in [0.25, 0.3) is 16.4 Å². The molecule has 0 aliphatic carbocycles. The van der Waals surface area contributed by atoms with Gasteiger partial charge in [-0.15, -0.1) is 0 Å². The van der Waals surface area contributed by atoms with E-state index in [1.807, 2.05) is 56.3 Å². The van der Waals surface area contributed by atoms with Crippen molar-refractivity contribution in [2.45, 2.75) is 32.1 Å². The molecule has 1 heterocycles. The van der Waals surface area contributed by atoms with Crippen molar-refractivity contribution in [1.29, 1.82) is 0 Å². The van der Waals surface area contributed by atoms with E-state index in [0.717, 1.165) is 45.1 Å². The van der Waals surface area contributed by atoms with E-state index in [-0.39, 0.29) is 54.4 Å². The van der Waals surface area contributed by atoms with Crippen LogP contribution in [0.15, 0.2) is 54.6 Å². The normalized spacial score (nSPS) is 14.8. The summed E-state index contributed by atoms with van der Waals surface area (Å²) in [6, 6.07) is 16.4. The third kappa shape index (κ3) is 6.69. The molecule has 4 rings (SSSR count). The number of aliphatic hydroxyl groups is 1. The van der Waals surface area contributed by atoms with Crippen LogP contribution in [0.5, 0.6) is 11.5 Å². The van der Waals surface area contributed by atoms with Gasteiger partial charge < -0.3 is 29.5 Å². The number of aryl methyl sites for hydroxylation is 1. The average molecular weight is 518 g/mol. The first kappa shape index (κ1) is 28.2. The molecular formula is C27H25FNNaO5S. The molecule has 3 aromatic carbocycles. The summed E-state index contributed by atoms with van der Waals surface area (Å²) < 4.78 is 25.8. The van der Waals surface area contributed by atoms with E-state index in [1.165, 1.54) is 6.07 Å². The first-order valence-electron chi connectivity index (χ1n) is 11.2. The molecular weight excluding hydrogens is 492 g/mol. The zero-order chi connectivity index (χ0) is 24.9. The molecule has 182 valence electrons. The number of carbonyl (C=O) groups excluding carboxylic acids is 2. The maximum absolute atomic E-state index is 14.6. The van der Waals surface area contributed by atoms with Gasteiger partial charge in [0.2, 0.25) is 0 Å². The Kier molecular flexibility index (Phi) is 9.99. The van der Waals surface area contributed by atoms with Gasteiger partial charge in [-0.2, -0.15) is 0 Å². The van der Waals surface area contributed by atoms with Gasteiger partial charge in [-0.3, -0.25) is 0 Å². The topological polar surface area (TPSA) is 86.9 Å². The smallest absolute Gasteiger partial charge is 0.585 e. The Morgan fingerprint density at radius 1 is 1.03 bits per heavy atom. The van der Waals surface area contributed by atoms with Crippen molar-refractivity contribution in [2.75, 3.05) is 13.2 Å². The van der Waals surface area contributed by atoms with Crippen LogP contribution < -0.4 is 39.0 Å². The number of ether oxygens (including phenoxy) is 2.